The summed E-state index contributed by atoms with van der Waals surface area (Å²) in [4.78, 5) is 84.1. The molecule has 5 rings (SSSR count). The van der Waals surface area contributed by atoms with E-state index in [4.69, 9.17) is 0 Å². The van der Waals surface area contributed by atoms with E-state index in [-0.39, 0.29) is 29.8 Å². The molecule has 4 aliphatic carbocycles. The molecule has 50 heavy (non-hydrogen) atoms. The van der Waals surface area contributed by atoms with Gasteiger partial charge in [0.1, 0.15) is 23.7 Å². The Kier molecular flexibility index (Phi) is 12.3. The molecule has 0 spiro atoms. The number of hydrogen-bond donors (Lipinski definition) is 5. The summed E-state index contributed by atoms with van der Waals surface area (Å²) >= 11 is 0. The normalized spacial score (nSPS) is 27.0. The predicted octanol–water partition coefficient (Wildman–Crippen LogP) is 3.18. The van der Waals surface area contributed by atoms with Crippen molar-refractivity contribution < 1.29 is 33.9 Å². The van der Waals surface area contributed by atoms with E-state index in [1.807, 2.05) is 27.7 Å². The van der Waals surface area contributed by atoms with Crippen LogP contribution < -0.4 is 21.3 Å². The maximum Gasteiger partial charge on any atom is 0.289 e. The molecule has 1 saturated heterocycles. The summed E-state index contributed by atoms with van der Waals surface area (Å²) in [7, 11) is 0. The highest BCUT2D eigenvalue weighted by atomic mass is 16.3. The van der Waals surface area contributed by atoms with Gasteiger partial charge < -0.3 is 31.3 Å². The van der Waals surface area contributed by atoms with Crippen LogP contribution in [0.25, 0.3) is 0 Å². The summed E-state index contributed by atoms with van der Waals surface area (Å²) in [5.41, 5.74) is -2.24. The molecule has 0 bridgehead atoms. The Labute approximate surface area is 297 Å². The summed E-state index contributed by atoms with van der Waals surface area (Å²) in [6, 6.07) is -3.90. The Morgan fingerprint density at radius 2 is 1.46 bits per heavy atom. The summed E-state index contributed by atoms with van der Waals surface area (Å²) in [6.07, 6.45) is 13.2. The molecule has 5 amide bonds. The standard InChI is InChI=1S/C38H61N5O7/c1-5-13-26(30(44)34(47)39-25-18-19-25)40-32(45)28-22-24-16-9-10-17-27(24)43(28)35(48)31(37(2,3)4)42-33(46)29(23-14-7-6-8-15-23)41-36(49)38(50)20-11-12-21-38/h23-29,31,50H,5-22H2,1-4H3,(H,39,47)(H,40,45)(H,41,49)(H,42,46)/t24?,26-,27?,28-,29?,31+/m0/s1. The van der Waals surface area contributed by atoms with Crippen molar-refractivity contribution in [1.29, 1.82) is 0 Å². The lowest BCUT2D eigenvalue weighted by molar-refractivity contribution is -0.148. The highest BCUT2D eigenvalue weighted by Crippen LogP contribution is 2.41. The molecule has 1 heterocycles. The lowest BCUT2D eigenvalue weighted by Gasteiger charge is -2.41. The predicted molar refractivity (Wildman–Crippen MR) is 187 cm³/mol. The quantitative estimate of drug-likeness (QED) is 0.184. The molecular weight excluding hydrogens is 638 g/mol. The van der Waals surface area contributed by atoms with Gasteiger partial charge in [0.25, 0.3) is 11.8 Å². The third-order valence-corrected chi connectivity index (χ3v) is 11.9. The number of amides is 5. The molecule has 0 aromatic rings. The van der Waals surface area contributed by atoms with E-state index in [2.05, 4.69) is 21.3 Å². The molecule has 12 heteroatoms. The Balaban J connectivity index is 1.37. The first-order valence-corrected chi connectivity index (χ1v) is 19.5. The number of likely N-dealkylation sites (tertiary alicyclic amines) is 1. The SMILES string of the molecule is CCC[C@H](NC(=O)[C@@H]1CC2CCCCC2N1C(=O)[C@@H](NC(=O)C(NC(=O)C1(O)CCCC1)C1CCCCC1)C(C)(C)C)C(=O)C(=O)NC1CC1. The Hall–Kier alpha value is -3.02. The summed E-state index contributed by atoms with van der Waals surface area (Å²) in [6.45, 7) is 7.52. The van der Waals surface area contributed by atoms with Crippen LogP contribution in [-0.4, -0.2) is 87.2 Å². The maximum atomic E-state index is 14.8. The fourth-order valence-corrected chi connectivity index (χ4v) is 8.84. The van der Waals surface area contributed by atoms with E-state index >= 15 is 0 Å². The molecular formula is C38H61N5O7. The first-order valence-electron chi connectivity index (χ1n) is 19.5. The van der Waals surface area contributed by atoms with Crippen LogP contribution in [0, 0.1) is 17.3 Å². The Morgan fingerprint density at radius 1 is 0.820 bits per heavy atom. The minimum Gasteiger partial charge on any atom is -0.380 e. The molecule has 280 valence electrons. The van der Waals surface area contributed by atoms with E-state index in [0.29, 0.717) is 32.1 Å². The number of Topliss-reactive ketones (excluding diaryl/α,β-unsaturated/α-hetero) is 1. The average Bonchev–Trinajstić information content (AvgIpc) is 3.64. The summed E-state index contributed by atoms with van der Waals surface area (Å²) in [5, 5.41) is 22.6. The van der Waals surface area contributed by atoms with Crippen molar-refractivity contribution in [2.45, 2.75) is 185 Å². The van der Waals surface area contributed by atoms with Gasteiger partial charge in [0.05, 0.1) is 6.04 Å². The number of carbonyl (C=O) groups excluding carboxylic acids is 6. The van der Waals surface area contributed by atoms with Gasteiger partial charge in [-0.2, -0.15) is 0 Å². The van der Waals surface area contributed by atoms with Gasteiger partial charge in [-0.05, 0) is 94.3 Å². The van der Waals surface area contributed by atoms with E-state index in [1.54, 1.807) is 4.90 Å². The average molecular weight is 700 g/mol. The third kappa shape index (κ3) is 8.88. The molecule has 1 aliphatic heterocycles. The van der Waals surface area contributed by atoms with Crippen molar-refractivity contribution in [2.75, 3.05) is 0 Å². The second kappa shape index (κ2) is 16.1. The highest BCUT2D eigenvalue weighted by Gasteiger charge is 2.52. The van der Waals surface area contributed by atoms with Crippen LogP contribution in [0.4, 0.5) is 0 Å². The van der Waals surface area contributed by atoms with Gasteiger partial charge in [0.15, 0.2) is 0 Å². The van der Waals surface area contributed by atoms with Crippen LogP contribution in [0.1, 0.15) is 143 Å². The fraction of sp³-hybridized carbons (Fsp3) is 0.842. The smallest absolute Gasteiger partial charge is 0.289 e. The number of carbonyl (C=O) groups is 6. The van der Waals surface area contributed by atoms with Crippen molar-refractivity contribution in [3.63, 3.8) is 0 Å². The van der Waals surface area contributed by atoms with Gasteiger partial charge in [-0.25, -0.2) is 0 Å². The van der Waals surface area contributed by atoms with Gasteiger partial charge in [0.2, 0.25) is 23.5 Å². The molecule has 0 aromatic carbocycles. The maximum absolute atomic E-state index is 14.8. The molecule has 0 aromatic heterocycles. The lowest BCUT2D eigenvalue weighted by Crippen LogP contribution is -2.64. The molecule has 0 radical (unpaired) electrons. The number of ketones is 1. The number of fused-ring (bicyclic) bond motifs is 1. The molecule has 5 aliphatic rings. The summed E-state index contributed by atoms with van der Waals surface area (Å²) in [5.74, 6) is -3.14. The minimum atomic E-state index is -1.49. The van der Waals surface area contributed by atoms with Gasteiger partial charge in [-0.1, -0.05) is 66.2 Å². The minimum absolute atomic E-state index is 0.0125. The van der Waals surface area contributed by atoms with Crippen LogP contribution in [0.2, 0.25) is 0 Å². The third-order valence-electron chi connectivity index (χ3n) is 11.9. The van der Waals surface area contributed by atoms with E-state index in [0.717, 1.165) is 83.5 Å². The van der Waals surface area contributed by atoms with Crippen molar-refractivity contribution in [2.24, 2.45) is 17.3 Å². The number of hydrogen-bond acceptors (Lipinski definition) is 7. The van der Waals surface area contributed by atoms with Crippen LogP contribution in [0.5, 0.6) is 0 Å². The molecule has 5 fully saturated rings. The van der Waals surface area contributed by atoms with Crippen LogP contribution >= 0.6 is 0 Å². The van der Waals surface area contributed by atoms with Crippen LogP contribution in [0.3, 0.4) is 0 Å². The Morgan fingerprint density at radius 3 is 2.08 bits per heavy atom. The van der Waals surface area contributed by atoms with Crippen molar-refractivity contribution in [1.82, 2.24) is 26.2 Å². The zero-order valence-corrected chi connectivity index (χ0v) is 30.7. The molecule has 6 atom stereocenters. The van der Waals surface area contributed by atoms with Crippen molar-refractivity contribution in [3.05, 3.63) is 0 Å². The van der Waals surface area contributed by atoms with E-state index in [9.17, 15) is 33.9 Å². The molecule has 12 nitrogen and oxygen atoms in total. The molecule has 4 saturated carbocycles. The zero-order chi connectivity index (χ0) is 36.2. The summed E-state index contributed by atoms with van der Waals surface area (Å²) < 4.78 is 0. The molecule has 5 N–H and O–H groups in total. The van der Waals surface area contributed by atoms with Crippen molar-refractivity contribution >= 4 is 35.3 Å². The number of nitrogens with zero attached hydrogens (tertiary/aromatic N) is 1. The zero-order valence-electron chi connectivity index (χ0n) is 30.7. The Bertz CT molecular complexity index is 1280. The molecule has 3 unspecified atom stereocenters. The van der Waals surface area contributed by atoms with Crippen LogP contribution in [-0.2, 0) is 28.8 Å². The van der Waals surface area contributed by atoms with E-state index in [1.165, 1.54) is 0 Å². The topological polar surface area (TPSA) is 174 Å². The second-order valence-electron chi connectivity index (χ2n) is 17.0. The van der Waals surface area contributed by atoms with Crippen molar-refractivity contribution in [3.8, 4) is 0 Å². The first-order chi connectivity index (χ1) is 23.7. The van der Waals surface area contributed by atoms with Gasteiger partial charge in [-0.3, -0.25) is 28.8 Å². The van der Waals surface area contributed by atoms with Gasteiger partial charge >= 0.3 is 0 Å². The second-order valence-corrected chi connectivity index (χ2v) is 17.0. The number of rotatable bonds is 13. The largest absolute Gasteiger partial charge is 0.380 e. The first kappa shape index (κ1) is 38.2. The number of aliphatic hydroxyl groups is 1. The fourth-order valence-electron chi connectivity index (χ4n) is 8.84. The van der Waals surface area contributed by atoms with Gasteiger partial charge in [-0.15, -0.1) is 0 Å². The lowest BCUT2D eigenvalue weighted by atomic mass is 9.81. The highest BCUT2D eigenvalue weighted by molar-refractivity contribution is 6.38. The van der Waals surface area contributed by atoms with Gasteiger partial charge in [0, 0.05) is 12.1 Å². The number of nitrogens with one attached hydrogen (secondary N) is 4. The van der Waals surface area contributed by atoms with E-state index < -0.39 is 64.6 Å². The monoisotopic (exact) mass is 699 g/mol. The van der Waals surface area contributed by atoms with Crippen LogP contribution in [0.15, 0.2) is 0 Å².